The number of hydrogen-bond acceptors (Lipinski definition) is 3. The predicted octanol–water partition coefficient (Wildman–Crippen LogP) is 4.39. The first kappa shape index (κ1) is 15.6. The summed E-state index contributed by atoms with van der Waals surface area (Å²) in [6, 6.07) is 14.2. The minimum absolute atomic E-state index is 0.344. The van der Waals surface area contributed by atoms with Gasteiger partial charge >= 0.3 is 6.09 Å². The van der Waals surface area contributed by atoms with Gasteiger partial charge in [0.25, 0.3) is 0 Å². The van der Waals surface area contributed by atoms with E-state index in [1.165, 1.54) is 0 Å². The zero-order valence-corrected chi connectivity index (χ0v) is 14.2. The third-order valence-electron chi connectivity index (χ3n) is 4.74. The van der Waals surface area contributed by atoms with Crippen LogP contribution in [0.25, 0.3) is 22.0 Å². The van der Waals surface area contributed by atoms with Gasteiger partial charge in [0.1, 0.15) is 11.9 Å². The first-order chi connectivity index (χ1) is 12.0. The van der Waals surface area contributed by atoms with Gasteiger partial charge in [-0.2, -0.15) is 0 Å². The summed E-state index contributed by atoms with van der Waals surface area (Å²) >= 11 is 0. The van der Waals surface area contributed by atoms with Crippen molar-refractivity contribution in [2.75, 3.05) is 6.61 Å². The molecular weight excluding hydrogens is 316 g/mol. The Kier molecular flexibility index (Phi) is 3.46. The largest absolute Gasteiger partial charge is 0.492 e. The standard InChI is InChI=1S/C20H20N2O3/c1-20(2)11-24-16-10-13(6-7-15(16)18(20)25-19(21)23)14-5-3-4-12-8-9-22-17(12)14/h3-10,18,22H,11H2,1-2H3,(H2,21,23). The number of benzene rings is 2. The molecule has 1 unspecified atom stereocenters. The third kappa shape index (κ3) is 2.61. The van der Waals surface area contributed by atoms with Crippen molar-refractivity contribution in [1.29, 1.82) is 0 Å². The number of nitrogens with two attached hydrogens (primary N) is 1. The number of fused-ring (bicyclic) bond motifs is 2. The summed E-state index contributed by atoms with van der Waals surface area (Å²) < 4.78 is 11.4. The topological polar surface area (TPSA) is 77.3 Å². The van der Waals surface area contributed by atoms with Crippen LogP contribution < -0.4 is 10.5 Å². The van der Waals surface area contributed by atoms with E-state index in [0.717, 1.165) is 33.3 Å². The Balaban J connectivity index is 1.80. The van der Waals surface area contributed by atoms with E-state index in [1.54, 1.807) is 0 Å². The van der Waals surface area contributed by atoms with Gasteiger partial charge in [-0.1, -0.05) is 44.2 Å². The summed E-state index contributed by atoms with van der Waals surface area (Å²) in [6.07, 6.45) is 0.734. The molecule has 1 aliphatic heterocycles. The highest BCUT2D eigenvalue weighted by Crippen LogP contribution is 2.46. The van der Waals surface area contributed by atoms with Crippen LogP contribution in [0, 0.1) is 5.41 Å². The molecule has 3 aromatic rings. The fraction of sp³-hybridized carbons (Fsp3) is 0.250. The van der Waals surface area contributed by atoms with Gasteiger partial charge in [0, 0.05) is 22.7 Å². The summed E-state index contributed by atoms with van der Waals surface area (Å²) in [4.78, 5) is 14.6. The predicted molar refractivity (Wildman–Crippen MR) is 96.4 cm³/mol. The number of carbonyl (C=O) groups is 1. The number of nitrogens with one attached hydrogen (secondary N) is 1. The Hall–Kier alpha value is -2.95. The van der Waals surface area contributed by atoms with Crippen LogP contribution in [0.5, 0.6) is 5.75 Å². The van der Waals surface area contributed by atoms with Crippen molar-refractivity contribution in [2.24, 2.45) is 11.1 Å². The molecular formula is C20H20N2O3. The number of amides is 1. The van der Waals surface area contributed by atoms with Gasteiger partial charge in [0.15, 0.2) is 0 Å². The van der Waals surface area contributed by atoms with Gasteiger partial charge in [0.05, 0.1) is 12.1 Å². The SMILES string of the molecule is CC1(C)COc2cc(-c3cccc4cc[nH]c34)ccc2C1OC(N)=O. The van der Waals surface area contributed by atoms with Gasteiger partial charge < -0.3 is 20.2 Å². The van der Waals surface area contributed by atoms with Crippen LogP contribution in [0.4, 0.5) is 4.79 Å². The van der Waals surface area contributed by atoms with Crippen LogP contribution in [0.3, 0.4) is 0 Å². The Morgan fingerprint density at radius 3 is 2.92 bits per heavy atom. The maximum atomic E-state index is 11.3. The van der Waals surface area contributed by atoms with Gasteiger partial charge in [-0.25, -0.2) is 4.79 Å². The lowest BCUT2D eigenvalue weighted by Gasteiger charge is -2.38. The molecule has 128 valence electrons. The Morgan fingerprint density at radius 2 is 2.12 bits per heavy atom. The van der Waals surface area contributed by atoms with Crippen LogP contribution in [0.2, 0.25) is 0 Å². The molecule has 0 aliphatic carbocycles. The molecule has 25 heavy (non-hydrogen) atoms. The molecule has 0 saturated heterocycles. The average molecular weight is 336 g/mol. The molecule has 2 heterocycles. The van der Waals surface area contributed by atoms with E-state index in [4.69, 9.17) is 15.2 Å². The summed E-state index contributed by atoms with van der Waals surface area (Å²) in [5, 5.41) is 1.16. The quantitative estimate of drug-likeness (QED) is 0.728. The lowest BCUT2D eigenvalue weighted by molar-refractivity contribution is -0.0176. The first-order valence-corrected chi connectivity index (χ1v) is 8.25. The highest BCUT2D eigenvalue weighted by atomic mass is 16.6. The van der Waals surface area contributed by atoms with Crippen molar-refractivity contribution < 1.29 is 14.3 Å². The van der Waals surface area contributed by atoms with Crippen molar-refractivity contribution in [3.63, 3.8) is 0 Å². The van der Waals surface area contributed by atoms with Crippen molar-refractivity contribution in [2.45, 2.75) is 20.0 Å². The molecule has 3 N–H and O–H groups in total. The number of aromatic amines is 1. The minimum atomic E-state index is -0.772. The lowest BCUT2D eigenvalue weighted by Crippen LogP contribution is -2.37. The molecule has 0 fully saturated rings. The number of ether oxygens (including phenoxy) is 2. The number of primary amides is 1. The third-order valence-corrected chi connectivity index (χ3v) is 4.74. The maximum Gasteiger partial charge on any atom is 0.405 e. The van der Waals surface area contributed by atoms with Crippen LogP contribution in [-0.2, 0) is 4.74 Å². The van der Waals surface area contributed by atoms with E-state index in [0.29, 0.717) is 6.61 Å². The van der Waals surface area contributed by atoms with Crippen LogP contribution in [-0.4, -0.2) is 17.7 Å². The van der Waals surface area contributed by atoms with Gasteiger partial charge in [-0.3, -0.25) is 0 Å². The second kappa shape index (κ2) is 5.55. The molecule has 1 amide bonds. The zero-order chi connectivity index (χ0) is 17.6. The van der Waals surface area contributed by atoms with Crippen molar-refractivity contribution in [3.8, 4) is 16.9 Å². The summed E-state index contributed by atoms with van der Waals surface area (Å²) in [5.74, 6) is 0.728. The molecule has 5 nitrogen and oxygen atoms in total. The summed E-state index contributed by atoms with van der Waals surface area (Å²) in [7, 11) is 0. The normalized spacial score (nSPS) is 18.4. The molecule has 0 spiro atoms. The van der Waals surface area contributed by atoms with Crippen molar-refractivity contribution in [3.05, 3.63) is 54.2 Å². The van der Waals surface area contributed by atoms with Gasteiger partial charge in [-0.15, -0.1) is 0 Å². The molecule has 0 saturated carbocycles. The molecule has 1 aromatic heterocycles. The number of carbonyl (C=O) groups excluding carboxylic acids is 1. The zero-order valence-electron chi connectivity index (χ0n) is 14.2. The Labute approximate surface area is 145 Å². The maximum absolute atomic E-state index is 11.3. The van der Waals surface area contributed by atoms with Gasteiger partial charge in [0.2, 0.25) is 0 Å². The van der Waals surface area contributed by atoms with E-state index in [1.807, 2.05) is 50.4 Å². The molecule has 0 bridgehead atoms. The number of H-pyrrole nitrogens is 1. The second-order valence-electron chi connectivity index (χ2n) is 7.09. The lowest BCUT2D eigenvalue weighted by atomic mass is 9.80. The van der Waals surface area contributed by atoms with E-state index >= 15 is 0 Å². The summed E-state index contributed by atoms with van der Waals surface area (Å²) in [5.41, 5.74) is 9.00. The molecule has 5 heteroatoms. The van der Waals surface area contributed by atoms with Crippen LogP contribution in [0.15, 0.2) is 48.7 Å². The monoisotopic (exact) mass is 336 g/mol. The summed E-state index contributed by atoms with van der Waals surface area (Å²) in [6.45, 7) is 4.45. The molecule has 0 radical (unpaired) electrons. The smallest absolute Gasteiger partial charge is 0.405 e. The van der Waals surface area contributed by atoms with E-state index in [-0.39, 0.29) is 5.41 Å². The molecule has 2 aromatic carbocycles. The Morgan fingerprint density at radius 1 is 1.28 bits per heavy atom. The molecule has 4 rings (SSSR count). The number of hydrogen-bond donors (Lipinski definition) is 2. The fourth-order valence-corrected chi connectivity index (χ4v) is 3.47. The highest BCUT2D eigenvalue weighted by molar-refractivity contribution is 5.94. The van der Waals surface area contributed by atoms with Crippen LogP contribution in [0.1, 0.15) is 25.5 Å². The second-order valence-corrected chi connectivity index (χ2v) is 7.09. The Bertz CT molecular complexity index is 958. The van der Waals surface area contributed by atoms with Gasteiger partial charge in [-0.05, 0) is 23.1 Å². The number of para-hydroxylation sites is 1. The first-order valence-electron chi connectivity index (χ1n) is 8.25. The van der Waals surface area contributed by atoms with Crippen molar-refractivity contribution in [1.82, 2.24) is 4.98 Å². The van der Waals surface area contributed by atoms with E-state index in [2.05, 4.69) is 17.1 Å². The molecule has 1 atom stereocenters. The minimum Gasteiger partial charge on any atom is -0.492 e. The number of rotatable bonds is 2. The van der Waals surface area contributed by atoms with E-state index in [9.17, 15) is 4.79 Å². The molecule has 1 aliphatic rings. The average Bonchev–Trinajstić information content (AvgIpc) is 3.05. The fourth-order valence-electron chi connectivity index (χ4n) is 3.47. The van der Waals surface area contributed by atoms with Crippen LogP contribution >= 0.6 is 0 Å². The van der Waals surface area contributed by atoms with E-state index < -0.39 is 12.2 Å². The number of aromatic nitrogens is 1. The highest BCUT2D eigenvalue weighted by Gasteiger charge is 2.40. The van der Waals surface area contributed by atoms with Crippen molar-refractivity contribution >= 4 is 17.0 Å².